The SMILES string of the molecule is Cc1nc(CC(C)C)sc1C(=O)N1CC[C@@H](O)C1. The number of carbonyl (C=O) groups is 1. The highest BCUT2D eigenvalue weighted by atomic mass is 32.1. The van der Waals surface area contributed by atoms with E-state index in [1.165, 1.54) is 11.3 Å². The van der Waals surface area contributed by atoms with Crippen LogP contribution in [0.1, 0.15) is 40.6 Å². The maximum absolute atomic E-state index is 12.3. The number of carbonyl (C=O) groups excluding carboxylic acids is 1. The molecule has 1 saturated heterocycles. The third-order valence-corrected chi connectivity index (χ3v) is 4.24. The van der Waals surface area contributed by atoms with Gasteiger partial charge in [0.1, 0.15) is 4.88 Å². The number of hydrogen-bond donors (Lipinski definition) is 1. The van der Waals surface area contributed by atoms with Crippen LogP contribution < -0.4 is 0 Å². The number of β-amino-alcohol motifs (C(OH)–C–C–N with tert-alkyl or cyclic N) is 1. The monoisotopic (exact) mass is 268 g/mol. The van der Waals surface area contributed by atoms with Gasteiger partial charge in [0.25, 0.3) is 5.91 Å². The van der Waals surface area contributed by atoms with Crippen LogP contribution in [0.4, 0.5) is 0 Å². The first-order valence-corrected chi connectivity index (χ1v) is 7.22. The second kappa shape index (κ2) is 5.36. The van der Waals surface area contributed by atoms with Crippen molar-refractivity contribution in [3.05, 3.63) is 15.6 Å². The summed E-state index contributed by atoms with van der Waals surface area (Å²) in [5.74, 6) is 0.573. The first-order valence-electron chi connectivity index (χ1n) is 6.41. The number of aliphatic hydroxyl groups is 1. The van der Waals surface area contributed by atoms with Gasteiger partial charge in [-0.15, -0.1) is 11.3 Å². The number of thiazole rings is 1. The summed E-state index contributed by atoms with van der Waals surface area (Å²) >= 11 is 1.50. The normalized spacial score (nSPS) is 19.8. The van der Waals surface area contributed by atoms with E-state index in [0.717, 1.165) is 22.0 Å². The predicted octanol–water partition coefficient (Wildman–Crippen LogP) is 1.86. The molecule has 4 nitrogen and oxygen atoms in total. The van der Waals surface area contributed by atoms with E-state index in [1.807, 2.05) is 6.92 Å². The summed E-state index contributed by atoms with van der Waals surface area (Å²) in [6.07, 6.45) is 1.24. The van der Waals surface area contributed by atoms with Gasteiger partial charge in [0.05, 0.1) is 16.8 Å². The lowest BCUT2D eigenvalue weighted by Crippen LogP contribution is -2.29. The molecule has 2 heterocycles. The Balaban J connectivity index is 2.12. The molecule has 5 heteroatoms. The van der Waals surface area contributed by atoms with Crippen molar-refractivity contribution in [3.8, 4) is 0 Å². The molecule has 1 aromatic rings. The first kappa shape index (κ1) is 13.5. The van der Waals surface area contributed by atoms with Crippen molar-refractivity contribution < 1.29 is 9.90 Å². The molecule has 2 rings (SSSR count). The molecule has 0 bridgehead atoms. The Bertz CT molecular complexity index is 442. The van der Waals surface area contributed by atoms with Crippen molar-refractivity contribution in [2.75, 3.05) is 13.1 Å². The fourth-order valence-electron chi connectivity index (χ4n) is 2.16. The van der Waals surface area contributed by atoms with E-state index in [4.69, 9.17) is 0 Å². The molecule has 1 atom stereocenters. The van der Waals surface area contributed by atoms with E-state index in [2.05, 4.69) is 18.8 Å². The molecule has 0 aliphatic carbocycles. The first-order chi connectivity index (χ1) is 8.47. The third kappa shape index (κ3) is 2.90. The van der Waals surface area contributed by atoms with Crippen molar-refractivity contribution in [2.45, 2.75) is 39.7 Å². The number of hydrogen-bond acceptors (Lipinski definition) is 4. The van der Waals surface area contributed by atoms with Gasteiger partial charge in [0.2, 0.25) is 0 Å². The summed E-state index contributed by atoms with van der Waals surface area (Å²) in [4.78, 5) is 19.2. The zero-order valence-corrected chi connectivity index (χ0v) is 12.0. The summed E-state index contributed by atoms with van der Waals surface area (Å²) in [7, 11) is 0. The highest BCUT2D eigenvalue weighted by Crippen LogP contribution is 2.24. The van der Waals surface area contributed by atoms with E-state index in [1.54, 1.807) is 4.90 Å². The van der Waals surface area contributed by atoms with Crippen molar-refractivity contribution >= 4 is 17.2 Å². The van der Waals surface area contributed by atoms with Crippen LogP contribution >= 0.6 is 11.3 Å². The number of nitrogens with zero attached hydrogens (tertiary/aromatic N) is 2. The molecule has 0 spiro atoms. The zero-order valence-electron chi connectivity index (χ0n) is 11.1. The van der Waals surface area contributed by atoms with Crippen molar-refractivity contribution in [3.63, 3.8) is 0 Å². The molecule has 1 fully saturated rings. The van der Waals surface area contributed by atoms with Crippen molar-refractivity contribution in [1.82, 2.24) is 9.88 Å². The van der Waals surface area contributed by atoms with Crippen LogP contribution in [0.2, 0.25) is 0 Å². The van der Waals surface area contributed by atoms with Crippen LogP contribution in [-0.4, -0.2) is 40.1 Å². The largest absolute Gasteiger partial charge is 0.391 e. The average molecular weight is 268 g/mol. The Morgan fingerprint density at radius 2 is 2.33 bits per heavy atom. The van der Waals surface area contributed by atoms with Gasteiger partial charge in [-0.2, -0.15) is 0 Å². The Morgan fingerprint density at radius 3 is 2.89 bits per heavy atom. The van der Waals surface area contributed by atoms with Crippen molar-refractivity contribution in [2.24, 2.45) is 5.92 Å². The summed E-state index contributed by atoms with van der Waals surface area (Å²) in [5, 5.41) is 10.5. The molecule has 1 aromatic heterocycles. The minimum atomic E-state index is -0.364. The zero-order chi connectivity index (χ0) is 13.3. The summed E-state index contributed by atoms with van der Waals surface area (Å²) in [6.45, 7) is 7.29. The third-order valence-electron chi connectivity index (χ3n) is 3.07. The lowest BCUT2D eigenvalue weighted by molar-refractivity contribution is 0.0769. The number of aryl methyl sites for hydroxylation is 1. The molecule has 1 aliphatic heterocycles. The van der Waals surface area contributed by atoms with Crippen LogP contribution in [0, 0.1) is 12.8 Å². The van der Waals surface area contributed by atoms with Gasteiger partial charge in [-0.25, -0.2) is 4.98 Å². The molecular formula is C13H20N2O2S. The highest BCUT2D eigenvalue weighted by Gasteiger charge is 2.28. The highest BCUT2D eigenvalue weighted by molar-refractivity contribution is 7.13. The number of rotatable bonds is 3. The van der Waals surface area contributed by atoms with Crippen LogP contribution in [-0.2, 0) is 6.42 Å². The lowest BCUT2D eigenvalue weighted by atomic mass is 10.1. The van der Waals surface area contributed by atoms with Gasteiger partial charge in [0, 0.05) is 19.5 Å². The van der Waals surface area contributed by atoms with Crippen LogP contribution in [0.25, 0.3) is 0 Å². The molecular weight excluding hydrogens is 248 g/mol. The fraction of sp³-hybridized carbons (Fsp3) is 0.692. The van der Waals surface area contributed by atoms with Crippen LogP contribution in [0.5, 0.6) is 0 Å². The smallest absolute Gasteiger partial charge is 0.265 e. The number of likely N-dealkylation sites (tertiary alicyclic amines) is 1. The fourth-order valence-corrected chi connectivity index (χ4v) is 3.40. The minimum absolute atomic E-state index is 0.0246. The maximum atomic E-state index is 12.3. The van der Waals surface area contributed by atoms with E-state index < -0.39 is 0 Å². The maximum Gasteiger partial charge on any atom is 0.265 e. The molecule has 0 unspecified atom stereocenters. The molecule has 1 aliphatic rings. The summed E-state index contributed by atoms with van der Waals surface area (Å²) in [6, 6.07) is 0. The average Bonchev–Trinajstić information content (AvgIpc) is 2.83. The molecule has 1 N–H and O–H groups in total. The van der Waals surface area contributed by atoms with Gasteiger partial charge < -0.3 is 10.0 Å². The van der Waals surface area contributed by atoms with Crippen molar-refractivity contribution in [1.29, 1.82) is 0 Å². The number of amides is 1. The topological polar surface area (TPSA) is 53.4 Å². The van der Waals surface area contributed by atoms with Crippen LogP contribution in [0.3, 0.4) is 0 Å². The Kier molecular flexibility index (Phi) is 4.02. The second-order valence-electron chi connectivity index (χ2n) is 5.31. The second-order valence-corrected chi connectivity index (χ2v) is 6.40. The summed E-state index contributed by atoms with van der Waals surface area (Å²) in [5.41, 5.74) is 0.821. The summed E-state index contributed by atoms with van der Waals surface area (Å²) < 4.78 is 0. The van der Waals surface area contributed by atoms with E-state index in [9.17, 15) is 9.90 Å². The molecule has 100 valence electrons. The molecule has 0 aromatic carbocycles. The lowest BCUT2D eigenvalue weighted by Gasteiger charge is -2.14. The van der Waals surface area contributed by atoms with Gasteiger partial charge in [-0.3, -0.25) is 4.79 Å². The quantitative estimate of drug-likeness (QED) is 0.910. The Hall–Kier alpha value is -0.940. The van der Waals surface area contributed by atoms with Gasteiger partial charge in [0.15, 0.2) is 0 Å². The van der Waals surface area contributed by atoms with E-state index in [-0.39, 0.29) is 12.0 Å². The minimum Gasteiger partial charge on any atom is -0.391 e. The standard InChI is InChI=1S/C13H20N2O2S/c1-8(2)6-11-14-9(3)12(18-11)13(17)15-5-4-10(16)7-15/h8,10,16H,4-7H2,1-3H3/t10-/m1/s1. The molecule has 0 radical (unpaired) electrons. The van der Waals surface area contributed by atoms with E-state index >= 15 is 0 Å². The Labute approximate surface area is 112 Å². The number of aliphatic hydroxyl groups excluding tert-OH is 1. The van der Waals surface area contributed by atoms with Gasteiger partial charge in [-0.1, -0.05) is 13.8 Å². The van der Waals surface area contributed by atoms with Gasteiger partial charge in [-0.05, 0) is 19.3 Å². The molecule has 1 amide bonds. The Morgan fingerprint density at radius 1 is 1.61 bits per heavy atom. The number of aromatic nitrogens is 1. The molecule has 18 heavy (non-hydrogen) atoms. The molecule has 0 saturated carbocycles. The van der Waals surface area contributed by atoms with Crippen LogP contribution in [0.15, 0.2) is 0 Å². The van der Waals surface area contributed by atoms with Gasteiger partial charge >= 0.3 is 0 Å². The van der Waals surface area contributed by atoms with E-state index in [0.29, 0.717) is 25.4 Å². The predicted molar refractivity (Wildman–Crippen MR) is 71.9 cm³/mol.